The summed E-state index contributed by atoms with van der Waals surface area (Å²) in [5.41, 5.74) is 2.20. The van der Waals surface area contributed by atoms with Gasteiger partial charge in [0.1, 0.15) is 17.4 Å². The second-order valence-electron chi connectivity index (χ2n) is 5.12. The van der Waals surface area contributed by atoms with Gasteiger partial charge in [-0.3, -0.25) is 0 Å². The third-order valence-corrected chi connectivity index (χ3v) is 3.95. The molecule has 0 saturated heterocycles. The highest BCUT2D eigenvalue weighted by molar-refractivity contribution is 7.89. The molecule has 0 saturated carbocycles. The number of rotatable bonds is 5. The molecule has 1 N–H and O–H groups in total. The summed E-state index contributed by atoms with van der Waals surface area (Å²) in [4.78, 5) is 8.84. The molecule has 0 atom stereocenters. The van der Waals surface area contributed by atoms with Gasteiger partial charge in [-0.1, -0.05) is 6.92 Å². The molecule has 19 heavy (non-hydrogen) atoms. The van der Waals surface area contributed by atoms with Gasteiger partial charge in [-0.15, -0.1) is 0 Å². The van der Waals surface area contributed by atoms with Crippen molar-refractivity contribution >= 4 is 15.7 Å². The number of hydrogen-bond acceptors (Lipinski definition) is 5. The van der Waals surface area contributed by atoms with E-state index in [9.17, 15) is 8.42 Å². The van der Waals surface area contributed by atoms with Crippen LogP contribution < -0.4 is 5.32 Å². The van der Waals surface area contributed by atoms with E-state index in [-0.39, 0.29) is 5.75 Å². The Morgan fingerprint density at radius 2 is 1.95 bits per heavy atom. The molecule has 0 bridgehead atoms. The zero-order chi connectivity index (χ0) is 13.9. The third kappa shape index (κ3) is 3.89. The highest BCUT2D eigenvalue weighted by atomic mass is 32.2. The third-order valence-electron chi connectivity index (χ3n) is 3.16. The molecule has 1 aliphatic rings. The smallest absolute Gasteiger partial charge is 0.154 e. The number of sulfone groups is 1. The highest BCUT2D eigenvalue weighted by Crippen LogP contribution is 2.25. The zero-order valence-corrected chi connectivity index (χ0v) is 12.4. The lowest BCUT2D eigenvalue weighted by Crippen LogP contribution is -2.16. The van der Waals surface area contributed by atoms with Crippen LogP contribution in [-0.4, -0.2) is 31.2 Å². The van der Waals surface area contributed by atoms with E-state index in [0.29, 0.717) is 5.82 Å². The van der Waals surface area contributed by atoms with Crippen molar-refractivity contribution in [2.45, 2.75) is 44.8 Å². The largest absolute Gasteiger partial charge is 0.370 e. The van der Waals surface area contributed by atoms with Gasteiger partial charge in [-0.25, -0.2) is 18.4 Å². The van der Waals surface area contributed by atoms with Gasteiger partial charge in [0.25, 0.3) is 0 Å². The van der Waals surface area contributed by atoms with Crippen molar-refractivity contribution in [1.82, 2.24) is 9.97 Å². The van der Waals surface area contributed by atoms with Crippen LogP contribution in [0.5, 0.6) is 0 Å². The second kappa shape index (κ2) is 5.86. The van der Waals surface area contributed by atoms with Crippen molar-refractivity contribution in [2.24, 2.45) is 0 Å². The number of anilines is 1. The van der Waals surface area contributed by atoms with Gasteiger partial charge in [0, 0.05) is 24.1 Å². The average molecular weight is 283 g/mol. The number of aryl methyl sites for hydroxylation is 1. The summed E-state index contributed by atoms with van der Waals surface area (Å²) in [5, 5.41) is 3.30. The van der Waals surface area contributed by atoms with Crippen LogP contribution >= 0.6 is 0 Å². The molecule has 2 rings (SSSR count). The Morgan fingerprint density at radius 1 is 1.21 bits per heavy atom. The minimum atomic E-state index is -3.09. The molecular weight excluding hydrogens is 262 g/mol. The quantitative estimate of drug-likeness (QED) is 0.891. The Labute approximate surface area is 114 Å². The molecule has 0 unspecified atom stereocenters. The average Bonchev–Trinajstić information content (AvgIpc) is 2.34. The fourth-order valence-electron chi connectivity index (χ4n) is 2.33. The molecule has 0 spiro atoms. The molecule has 1 aromatic rings. The standard InChI is InChI=1S/C13H21N3O2S/c1-3-8-14-13-10-6-4-5-7-11(10)15-12(16-13)9-19(2,17)18/h3-9H2,1-2H3,(H,14,15,16). The minimum Gasteiger partial charge on any atom is -0.370 e. The second-order valence-corrected chi connectivity index (χ2v) is 7.26. The van der Waals surface area contributed by atoms with Crippen molar-refractivity contribution < 1.29 is 8.42 Å². The van der Waals surface area contributed by atoms with E-state index in [0.717, 1.165) is 50.2 Å². The fourth-order valence-corrected chi connectivity index (χ4v) is 2.93. The number of nitrogens with one attached hydrogen (secondary N) is 1. The normalized spacial score (nSPS) is 15.1. The van der Waals surface area contributed by atoms with Gasteiger partial charge in [0.05, 0.1) is 0 Å². The van der Waals surface area contributed by atoms with Gasteiger partial charge in [-0.05, 0) is 32.1 Å². The van der Waals surface area contributed by atoms with Crippen molar-refractivity contribution in [3.05, 3.63) is 17.1 Å². The first-order valence-electron chi connectivity index (χ1n) is 6.80. The van der Waals surface area contributed by atoms with Crippen molar-refractivity contribution in [3.8, 4) is 0 Å². The SMILES string of the molecule is CCCNc1nc(CS(C)(=O)=O)nc2c1CCCC2. The summed E-state index contributed by atoms with van der Waals surface area (Å²) in [7, 11) is -3.09. The van der Waals surface area contributed by atoms with Crippen LogP contribution in [0.25, 0.3) is 0 Å². The number of aromatic nitrogens is 2. The van der Waals surface area contributed by atoms with Crippen molar-refractivity contribution in [3.63, 3.8) is 0 Å². The van der Waals surface area contributed by atoms with Crippen molar-refractivity contribution in [2.75, 3.05) is 18.1 Å². The van der Waals surface area contributed by atoms with Crippen LogP contribution in [0.3, 0.4) is 0 Å². The van der Waals surface area contributed by atoms with Crippen molar-refractivity contribution in [1.29, 1.82) is 0 Å². The van der Waals surface area contributed by atoms with Crippen LogP contribution in [0.15, 0.2) is 0 Å². The molecule has 106 valence electrons. The van der Waals surface area contributed by atoms with Gasteiger partial charge >= 0.3 is 0 Å². The predicted molar refractivity (Wildman–Crippen MR) is 76.0 cm³/mol. The van der Waals surface area contributed by atoms with Crippen LogP contribution in [0.1, 0.15) is 43.3 Å². The van der Waals surface area contributed by atoms with E-state index in [4.69, 9.17) is 0 Å². The first kappa shape index (κ1) is 14.2. The molecule has 5 nitrogen and oxygen atoms in total. The van der Waals surface area contributed by atoms with Crippen LogP contribution in [0, 0.1) is 0 Å². The van der Waals surface area contributed by atoms with Gasteiger partial charge in [0.15, 0.2) is 9.84 Å². The Bertz CT molecular complexity index is 555. The Kier molecular flexibility index (Phi) is 4.39. The van der Waals surface area contributed by atoms with Gasteiger partial charge < -0.3 is 5.32 Å². The van der Waals surface area contributed by atoms with Gasteiger partial charge in [-0.2, -0.15) is 0 Å². The molecule has 0 amide bonds. The maximum atomic E-state index is 11.4. The number of hydrogen-bond donors (Lipinski definition) is 1. The Hall–Kier alpha value is -1.17. The first-order valence-corrected chi connectivity index (χ1v) is 8.86. The molecule has 1 heterocycles. The summed E-state index contributed by atoms with van der Waals surface area (Å²) < 4.78 is 22.8. The lowest BCUT2D eigenvalue weighted by Gasteiger charge is -2.19. The topological polar surface area (TPSA) is 72.0 Å². The molecule has 0 radical (unpaired) electrons. The van der Waals surface area contributed by atoms with Gasteiger partial charge in [0.2, 0.25) is 0 Å². The van der Waals surface area contributed by atoms with E-state index in [1.807, 2.05) is 0 Å². The van der Waals surface area contributed by atoms with E-state index in [1.54, 1.807) is 0 Å². The molecular formula is C13H21N3O2S. The summed E-state index contributed by atoms with van der Waals surface area (Å²) in [6, 6.07) is 0. The zero-order valence-electron chi connectivity index (χ0n) is 11.6. The van der Waals surface area contributed by atoms with Crippen LogP contribution in [0.2, 0.25) is 0 Å². The monoisotopic (exact) mass is 283 g/mol. The summed E-state index contributed by atoms with van der Waals surface area (Å²) >= 11 is 0. The molecule has 0 aromatic carbocycles. The number of fused-ring (bicyclic) bond motifs is 1. The maximum absolute atomic E-state index is 11.4. The van der Waals surface area contributed by atoms with E-state index in [1.165, 1.54) is 11.8 Å². The molecule has 1 aromatic heterocycles. The minimum absolute atomic E-state index is 0.0823. The van der Waals surface area contributed by atoms with E-state index in [2.05, 4.69) is 22.2 Å². The molecule has 6 heteroatoms. The lowest BCUT2D eigenvalue weighted by atomic mass is 9.96. The predicted octanol–water partition coefficient (Wildman–Crippen LogP) is 1.72. The maximum Gasteiger partial charge on any atom is 0.154 e. The highest BCUT2D eigenvalue weighted by Gasteiger charge is 2.19. The van der Waals surface area contributed by atoms with E-state index < -0.39 is 9.84 Å². The lowest BCUT2D eigenvalue weighted by molar-refractivity contribution is 0.598. The van der Waals surface area contributed by atoms with Crippen LogP contribution in [-0.2, 0) is 28.4 Å². The fraction of sp³-hybridized carbons (Fsp3) is 0.692. The number of nitrogens with zero attached hydrogens (tertiary/aromatic N) is 2. The summed E-state index contributed by atoms with van der Waals surface area (Å²) in [6.45, 7) is 2.94. The summed E-state index contributed by atoms with van der Waals surface area (Å²) in [5.74, 6) is 1.17. The van der Waals surface area contributed by atoms with E-state index >= 15 is 0 Å². The molecule has 0 aliphatic heterocycles. The molecule has 0 fully saturated rings. The summed E-state index contributed by atoms with van der Waals surface area (Å²) in [6.07, 6.45) is 6.42. The molecule has 1 aliphatic carbocycles. The Balaban J connectivity index is 2.35. The first-order chi connectivity index (χ1) is 8.99. The van der Waals surface area contributed by atoms with Crippen LogP contribution in [0.4, 0.5) is 5.82 Å². The Morgan fingerprint density at radius 3 is 2.63 bits per heavy atom.